The Morgan fingerprint density at radius 3 is 2.94 bits per heavy atom. The fourth-order valence-electron chi connectivity index (χ4n) is 2.87. The van der Waals surface area contributed by atoms with E-state index in [0.717, 1.165) is 17.9 Å². The number of rotatable bonds is 6. The van der Waals surface area contributed by atoms with Crippen molar-refractivity contribution in [2.75, 3.05) is 19.4 Å². The molecule has 16 heavy (non-hydrogen) atoms. The summed E-state index contributed by atoms with van der Waals surface area (Å²) in [6.45, 7) is 0.999. The average molecular weight is 243 g/mol. The largest absolute Gasteiger partial charge is 0.378 e. The van der Waals surface area contributed by atoms with Crippen LogP contribution in [0.15, 0.2) is 0 Å². The molecule has 0 amide bonds. The zero-order valence-electron chi connectivity index (χ0n) is 10.4. The molecule has 2 rings (SSSR count). The Labute approximate surface area is 104 Å². The minimum Gasteiger partial charge on any atom is -0.378 e. The van der Waals surface area contributed by atoms with Gasteiger partial charge in [-0.2, -0.15) is 11.8 Å². The van der Waals surface area contributed by atoms with E-state index in [0.29, 0.717) is 6.10 Å². The molecule has 94 valence electrons. The average Bonchev–Trinajstić information content (AvgIpc) is 2.96. The first-order chi connectivity index (χ1) is 7.90. The van der Waals surface area contributed by atoms with Gasteiger partial charge < -0.3 is 10.1 Å². The number of hydrogen-bond donors (Lipinski definition) is 1. The van der Waals surface area contributed by atoms with Crippen LogP contribution in [0.1, 0.15) is 44.9 Å². The lowest BCUT2D eigenvalue weighted by Crippen LogP contribution is -2.34. The van der Waals surface area contributed by atoms with Crippen LogP contribution in [0.5, 0.6) is 0 Å². The maximum atomic E-state index is 5.67. The monoisotopic (exact) mass is 243 g/mol. The van der Waals surface area contributed by atoms with Crippen LogP contribution in [0.4, 0.5) is 0 Å². The van der Waals surface area contributed by atoms with Crippen molar-refractivity contribution in [3.05, 3.63) is 0 Å². The number of hydrogen-bond acceptors (Lipinski definition) is 3. The van der Waals surface area contributed by atoms with Crippen LogP contribution in [0, 0.1) is 0 Å². The van der Waals surface area contributed by atoms with Crippen LogP contribution in [-0.2, 0) is 4.74 Å². The van der Waals surface area contributed by atoms with Gasteiger partial charge in [0.05, 0.1) is 6.10 Å². The zero-order valence-corrected chi connectivity index (χ0v) is 11.2. The third-order valence-corrected chi connectivity index (χ3v) is 5.37. The molecule has 2 heterocycles. The molecule has 0 radical (unpaired) electrons. The van der Waals surface area contributed by atoms with Gasteiger partial charge >= 0.3 is 0 Å². The van der Waals surface area contributed by atoms with Crippen molar-refractivity contribution in [3.63, 3.8) is 0 Å². The fourth-order valence-corrected chi connectivity index (χ4v) is 4.35. The minimum absolute atomic E-state index is 0.578. The molecule has 2 saturated heterocycles. The molecule has 0 saturated carbocycles. The molecule has 0 aromatic heterocycles. The highest BCUT2D eigenvalue weighted by Crippen LogP contribution is 2.30. The molecular weight excluding hydrogens is 218 g/mol. The second kappa shape index (κ2) is 6.87. The van der Waals surface area contributed by atoms with Crippen molar-refractivity contribution in [1.82, 2.24) is 5.32 Å². The van der Waals surface area contributed by atoms with Gasteiger partial charge in [0.2, 0.25) is 0 Å². The summed E-state index contributed by atoms with van der Waals surface area (Å²) in [6, 6.07) is 0.730. The lowest BCUT2D eigenvalue weighted by molar-refractivity contribution is 0.101. The van der Waals surface area contributed by atoms with Crippen molar-refractivity contribution < 1.29 is 4.74 Å². The van der Waals surface area contributed by atoms with Gasteiger partial charge in [0.1, 0.15) is 0 Å². The molecule has 0 bridgehead atoms. The number of thioether (sulfide) groups is 1. The first-order valence-electron chi connectivity index (χ1n) is 6.80. The lowest BCUT2D eigenvalue weighted by Gasteiger charge is -2.22. The Morgan fingerprint density at radius 2 is 2.31 bits per heavy atom. The molecule has 2 fully saturated rings. The van der Waals surface area contributed by atoms with Gasteiger partial charge in [-0.25, -0.2) is 0 Å². The third kappa shape index (κ3) is 3.64. The molecule has 0 spiro atoms. The molecule has 3 atom stereocenters. The predicted octanol–water partition coefficient (Wildman–Crippen LogP) is 2.82. The molecule has 3 heteroatoms. The maximum absolute atomic E-state index is 5.67. The summed E-state index contributed by atoms with van der Waals surface area (Å²) >= 11 is 2.16. The molecule has 2 nitrogen and oxygen atoms in total. The Hall–Kier alpha value is 0.270. The van der Waals surface area contributed by atoms with Crippen LogP contribution >= 0.6 is 11.8 Å². The summed E-state index contributed by atoms with van der Waals surface area (Å²) in [6.07, 6.45) is 9.90. The highest BCUT2D eigenvalue weighted by atomic mass is 32.2. The first-order valence-corrected chi connectivity index (χ1v) is 7.85. The van der Waals surface area contributed by atoms with Crippen LogP contribution < -0.4 is 5.32 Å². The quantitative estimate of drug-likeness (QED) is 0.775. The molecule has 0 aromatic rings. The molecule has 1 N–H and O–H groups in total. The van der Waals surface area contributed by atoms with E-state index in [2.05, 4.69) is 24.1 Å². The summed E-state index contributed by atoms with van der Waals surface area (Å²) in [7, 11) is 2.12. The van der Waals surface area contributed by atoms with E-state index < -0.39 is 0 Å². The van der Waals surface area contributed by atoms with Crippen molar-refractivity contribution in [3.8, 4) is 0 Å². The van der Waals surface area contributed by atoms with Crippen LogP contribution in [0.2, 0.25) is 0 Å². The second-order valence-corrected chi connectivity index (χ2v) is 6.36. The summed E-state index contributed by atoms with van der Waals surface area (Å²) < 4.78 is 5.67. The van der Waals surface area contributed by atoms with Gasteiger partial charge in [-0.05, 0) is 57.7 Å². The van der Waals surface area contributed by atoms with E-state index in [9.17, 15) is 0 Å². The van der Waals surface area contributed by atoms with Gasteiger partial charge in [0.25, 0.3) is 0 Å². The van der Waals surface area contributed by atoms with E-state index in [4.69, 9.17) is 4.74 Å². The fraction of sp³-hybridized carbons (Fsp3) is 1.00. The lowest BCUT2D eigenvalue weighted by atomic mass is 10.0. The highest BCUT2D eigenvalue weighted by molar-refractivity contribution is 8.00. The van der Waals surface area contributed by atoms with Gasteiger partial charge in [-0.1, -0.05) is 0 Å². The Kier molecular flexibility index (Phi) is 5.46. The summed E-state index contributed by atoms with van der Waals surface area (Å²) in [5.41, 5.74) is 0. The molecule has 2 aliphatic rings. The molecule has 0 aliphatic carbocycles. The SMILES string of the molecule is CNC(CCCC1CCCO1)C1CCCS1. The summed E-state index contributed by atoms with van der Waals surface area (Å²) in [4.78, 5) is 0. The number of ether oxygens (including phenoxy) is 1. The Balaban J connectivity index is 1.62. The van der Waals surface area contributed by atoms with Gasteiger partial charge in [-0.15, -0.1) is 0 Å². The van der Waals surface area contributed by atoms with Crippen molar-refractivity contribution in [2.24, 2.45) is 0 Å². The molecular formula is C13H25NOS. The van der Waals surface area contributed by atoms with E-state index in [1.165, 1.54) is 50.7 Å². The first kappa shape index (κ1) is 12.7. The van der Waals surface area contributed by atoms with E-state index in [1.807, 2.05) is 0 Å². The summed E-state index contributed by atoms with van der Waals surface area (Å²) in [5, 5.41) is 4.38. The molecule has 0 aromatic carbocycles. The van der Waals surface area contributed by atoms with Gasteiger partial charge in [-0.3, -0.25) is 0 Å². The second-order valence-electron chi connectivity index (χ2n) is 5.01. The van der Waals surface area contributed by atoms with E-state index >= 15 is 0 Å². The van der Waals surface area contributed by atoms with E-state index in [-0.39, 0.29) is 0 Å². The maximum Gasteiger partial charge on any atom is 0.0576 e. The molecule has 3 unspecified atom stereocenters. The molecule has 2 aliphatic heterocycles. The summed E-state index contributed by atoms with van der Waals surface area (Å²) in [5.74, 6) is 1.37. The zero-order chi connectivity index (χ0) is 11.2. The smallest absolute Gasteiger partial charge is 0.0576 e. The van der Waals surface area contributed by atoms with Gasteiger partial charge in [0.15, 0.2) is 0 Å². The van der Waals surface area contributed by atoms with Crippen LogP contribution in [-0.4, -0.2) is 36.8 Å². The normalized spacial score (nSPS) is 32.1. The van der Waals surface area contributed by atoms with Gasteiger partial charge in [0, 0.05) is 17.9 Å². The number of nitrogens with one attached hydrogen (secondary N) is 1. The Morgan fingerprint density at radius 1 is 1.38 bits per heavy atom. The van der Waals surface area contributed by atoms with Crippen molar-refractivity contribution in [2.45, 2.75) is 62.3 Å². The van der Waals surface area contributed by atoms with Crippen molar-refractivity contribution >= 4 is 11.8 Å². The third-order valence-electron chi connectivity index (χ3n) is 3.85. The topological polar surface area (TPSA) is 21.3 Å². The van der Waals surface area contributed by atoms with E-state index in [1.54, 1.807) is 0 Å². The van der Waals surface area contributed by atoms with Crippen molar-refractivity contribution in [1.29, 1.82) is 0 Å². The standard InChI is InChI=1S/C13H25NOS/c1-14-12(13-8-4-10-16-13)7-2-5-11-6-3-9-15-11/h11-14H,2-10H2,1H3. The Bertz CT molecular complexity index is 188. The highest BCUT2D eigenvalue weighted by Gasteiger charge is 2.24. The minimum atomic E-state index is 0.578. The van der Waals surface area contributed by atoms with Crippen LogP contribution in [0.25, 0.3) is 0 Å². The predicted molar refractivity (Wildman–Crippen MR) is 71.2 cm³/mol. The van der Waals surface area contributed by atoms with Crippen LogP contribution in [0.3, 0.4) is 0 Å².